The van der Waals surface area contributed by atoms with Gasteiger partial charge in [-0.05, 0) is 66.2 Å². The Morgan fingerprint density at radius 3 is 2.05 bits per heavy atom. The van der Waals surface area contributed by atoms with Crippen molar-refractivity contribution in [3.63, 3.8) is 0 Å². The molecular weight excluding hydrogens is 521 g/mol. The molecule has 0 radical (unpaired) electrons. The molecule has 0 fully saturated rings. The third-order valence-corrected chi connectivity index (χ3v) is 5.75. The molecule has 40 heavy (non-hydrogen) atoms. The first-order valence-corrected chi connectivity index (χ1v) is 12.2. The molecule has 0 spiro atoms. The van der Waals surface area contributed by atoms with Crippen molar-refractivity contribution in [2.75, 3.05) is 22.5 Å². The number of carbonyl (C=O) groups is 3. The number of hydrogen-bond acceptors (Lipinski definition) is 4. The molecule has 204 valence electrons. The van der Waals surface area contributed by atoms with Crippen molar-refractivity contribution in [1.29, 1.82) is 0 Å². The van der Waals surface area contributed by atoms with Crippen molar-refractivity contribution in [1.82, 2.24) is 5.32 Å². The summed E-state index contributed by atoms with van der Waals surface area (Å²) in [7, 11) is 0. The Kier molecular flexibility index (Phi) is 8.80. The molecule has 10 heteroatoms. The molecule has 4 aromatic carbocycles. The van der Waals surface area contributed by atoms with Gasteiger partial charge in [-0.25, -0.2) is 0 Å². The van der Waals surface area contributed by atoms with E-state index >= 15 is 0 Å². The summed E-state index contributed by atoms with van der Waals surface area (Å²) in [5.41, 5.74) is 1.74. The second-order valence-corrected chi connectivity index (χ2v) is 8.76. The van der Waals surface area contributed by atoms with E-state index in [4.69, 9.17) is 0 Å². The van der Waals surface area contributed by atoms with Gasteiger partial charge < -0.3 is 21.3 Å². The van der Waals surface area contributed by atoms with Gasteiger partial charge in [-0.1, -0.05) is 42.5 Å². The predicted octanol–water partition coefficient (Wildman–Crippen LogP) is 5.94. The quantitative estimate of drug-likeness (QED) is 0.209. The Bertz CT molecular complexity index is 1490. The molecule has 4 aromatic rings. The second-order valence-electron chi connectivity index (χ2n) is 8.76. The van der Waals surface area contributed by atoms with Crippen LogP contribution in [-0.2, 0) is 17.5 Å². The number of hydrogen-bond donors (Lipinski definition) is 4. The normalized spacial score (nSPS) is 10.9. The first-order valence-electron chi connectivity index (χ1n) is 12.2. The standard InChI is InChI=1S/C30H25F3N4O3/c31-30(32,33)23-9-5-11-26(17-23)37-29(40)22-8-4-10-25(16-22)34-19-27(38)36-24-14-12-21(13-15-24)28(39)35-18-20-6-2-1-3-7-20/h1-17,34H,18-19H2,(H,35,39)(H,36,38)(H,37,40). The summed E-state index contributed by atoms with van der Waals surface area (Å²) in [4.78, 5) is 37.3. The van der Waals surface area contributed by atoms with Crippen LogP contribution in [-0.4, -0.2) is 24.3 Å². The lowest BCUT2D eigenvalue weighted by Gasteiger charge is -2.11. The maximum absolute atomic E-state index is 12.9. The van der Waals surface area contributed by atoms with Crippen molar-refractivity contribution < 1.29 is 27.6 Å². The highest BCUT2D eigenvalue weighted by Gasteiger charge is 2.30. The fourth-order valence-corrected chi connectivity index (χ4v) is 3.72. The van der Waals surface area contributed by atoms with Crippen molar-refractivity contribution >= 4 is 34.8 Å². The molecule has 0 aliphatic rings. The lowest BCUT2D eigenvalue weighted by atomic mass is 10.1. The highest BCUT2D eigenvalue weighted by atomic mass is 19.4. The van der Waals surface area contributed by atoms with Gasteiger partial charge >= 0.3 is 6.18 Å². The lowest BCUT2D eigenvalue weighted by molar-refractivity contribution is -0.137. The van der Waals surface area contributed by atoms with Gasteiger partial charge in [-0.15, -0.1) is 0 Å². The maximum Gasteiger partial charge on any atom is 0.416 e. The van der Waals surface area contributed by atoms with Crippen LogP contribution >= 0.6 is 0 Å². The van der Waals surface area contributed by atoms with E-state index in [0.29, 0.717) is 23.5 Å². The summed E-state index contributed by atoms with van der Waals surface area (Å²) in [6.07, 6.45) is -4.52. The molecule has 3 amide bonds. The van der Waals surface area contributed by atoms with E-state index in [9.17, 15) is 27.6 Å². The monoisotopic (exact) mass is 546 g/mol. The molecule has 0 saturated heterocycles. The first-order chi connectivity index (χ1) is 19.2. The maximum atomic E-state index is 12.9. The van der Waals surface area contributed by atoms with Crippen LogP contribution in [0.1, 0.15) is 31.8 Å². The van der Waals surface area contributed by atoms with E-state index in [0.717, 1.165) is 17.7 Å². The van der Waals surface area contributed by atoms with Crippen LogP contribution in [0.5, 0.6) is 0 Å². The average Bonchev–Trinajstić information content (AvgIpc) is 2.95. The molecule has 0 unspecified atom stereocenters. The van der Waals surface area contributed by atoms with Crippen LogP contribution in [0.15, 0.2) is 103 Å². The number of benzene rings is 4. The van der Waals surface area contributed by atoms with Crippen LogP contribution in [0.2, 0.25) is 0 Å². The molecule has 7 nitrogen and oxygen atoms in total. The average molecular weight is 547 g/mol. The zero-order chi connectivity index (χ0) is 28.5. The Morgan fingerprint density at radius 1 is 0.625 bits per heavy atom. The molecule has 4 rings (SSSR count). The number of nitrogens with one attached hydrogen (secondary N) is 4. The summed E-state index contributed by atoms with van der Waals surface area (Å²) >= 11 is 0. The van der Waals surface area contributed by atoms with Crippen molar-refractivity contribution in [3.8, 4) is 0 Å². The fourth-order valence-electron chi connectivity index (χ4n) is 3.72. The minimum atomic E-state index is -4.52. The topological polar surface area (TPSA) is 99.3 Å². The number of alkyl halides is 3. The fraction of sp³-hybridized carbons (Fsp3) is 0.100. The van der Waals surface area contributed by atoms with Gasteiger partial charge in [0.15, 0.2) is 0 Å². The van der Waals surface area contributed by atoms with Gasteiger partial charge in [0, 0.05) is 34.7 Å². The van der Waals surface area contributed by atoms with E-state index in [1.54, 1.807) is 36.4 Å². The third-order valence-electron chi connectivity index (χ3n) is 5.75. The van der Waals surface area contributed by atoms with E-state index in [2.05, 4.69) is 21.3 Å². The number of anilines is 3. The Morgan fingerprint density at radius 2 is 1.32 bits per heavy atom. The number of carbonyl (C=O) groups excluding carboxylic acids is 3. The van der Waals surface area contributed by atoms with Crippen molar-refractivity contribution in [2.24, 2.45) is 0 Å². The summed E-state index contributed by atoms with van der Waals surface area (Å²) in [6.45, 7) is 0.288. The van der Waals surface area contributed by atoms with E-state index in [-0.39, 0.29) is 29.6 Å². The first kappa shape index (κ1) is 27.9. The largest absolute Gasteiger partial charge is 0.416 e. The van der Waals surface area contributed by atoms with E-state index in [1.807, 2.05) is 30.3 Å². The Hall–Kier alpha value is -5.12. The van der Waals surface area contributed by atoms with Gasteiger partial charge in [0.05, 0.1) is 12.1 Å². The van der Waals surface area contributed by atoms with Gasteiger partial charge in [-0.2, -0.15) is 13.2 Å². The summed E-state index contributed by atoms with van der Waals surface area (Å²) in [5.74, 6) is -1.19. The predicted molar refractivity (Wildman–Crippen MR) is 147 cm³/mol. The molecule has 0 heterocycles. The highest BCUT2D eigenvalue weighted by molar-refractivity contribution is 6.05. The van der Waals surface area contributed by atoms with Crippen LogP contribution in [0.25, 0.3) is 0 Å². The summed E-state index contributed by atoms with van der Waals surface area (Å²) < 4.78 is 38.8. The second kappa shape index (κ2) is 12.6. The molecule has 0 aliphatic heterocycles. The molecule has 0 saturated carbocycles. The Labute approximate surface area is 228 Å². The third kappa shape index (κ3) is 7.94. The number of rotatable bonds is 9. The Balaban J connectivity index is 1.27. The summed E-state index contributed by atoms with van der Waals surface area (Å²) in [6, 6.07) is 26.6. The minimum Gasteiger partial charge on any atom is -0.376 e. The summed E-state index contributed by atoms with van der Waals surface area (Å²) in [5, 5.41) is 10.9. The van der Waals surface area contributed by atoms with Gasteiger partial charge in [0.1, 0.15) is 0 Å². The minimum absolute atomic E-state index is 0.0114. The smallest absolute Gasteiger partial charge is 0.376 e. The van der Waals surface area contributed by atoms with Crippen LogP contribution in [0.3, 0.4) is 0 Å². The van der Waals surface area contributed by atoms with Crippen LogP contribution < -0.4 is 21.3 Å². The van der Waals surface area contributed by atoms with E-state index < -0.39 is 17.6 Å². The zero-order valence-electron chi connectivity index (χ0n) is 21.1. The van der Waals surface area contributed by atoms with Crippen molar-refractivity contribution in [3.05, 3.63) is 125 Å². The molecule has 0 atom stereocenters. The van der Waals surface area contributed by atoms with E-state index in [1.165, 1.54) is 24.3 Å². The molecule has 0 aliphatic carbocycles. The van der Waals surface area contributed by atoms with Gasteiger partial charge in [0.25, 0.3) is 11.8 Å². The van der Waals surface area contributed by atoms with Crippen molar-refractivity contribution in [2.45, 2.75) is 12.7 Å². The van der Waals surface area contributed by atoms with Crippen LogP contribution in [0, 0.1) is 0 Å². The SMILES string of the molecule is O=C(CNc1cccc(C(=O)Nc2cccc(C(F)(F)F)c2)c1)Nc1ccc(C(=O)NCc2ccccc2)cc1. The number of amides is 3. The van der Waals surface area contributed by atoms with Gasteiger partial charge in [-0.3, -0.25) is 14.4 Å². The lowest BCUT2D eigenvalue weighted by Crippen LogP contribution is -2.23. The van der Waals surface area contributed by atoms with Crippen LogP contribution in [0.4, 0.5) is 30.2 Å². The molecular formula is C30H25F3N4O3. The molecule has 0 aromatic heterocycles. The molecule has 0 bridgehead atoms. The number of halogens is 3. The highest BCUT2D eigenvalue weighted by Crippen LogP contribution is 2.30. The zero-order valence-corrected chi connectivity index (χ0v) is 21.1. The molecule has 4 N–H and O–H groups in total. The van der Waals surface area contributed by atoms with Gasteiger partial charge in [0.2, 0.25) is 5.91 Å².